The summed E-state index contributed by atoms with van der Waals surface area (Å²) in [5.74, 6) is 0.408. The van der Waals surface area contributed by atoms with Gasteiger partial charge < -0.3 is 20.3 Å². The average molecular weight is 458 g/mol. The number of ether oxygens (including phenoxy) is 1. The first-order valence-corrected chi connectivity index (χ1v) is 13.0. The third-order valence-electron chi connectivity index (χ3n) is 7.41. The molecule has 2 fully saturated rings. The van der Waals surface area contributed by atoms with Crippen molar-refractivity contribution < 1.29 is 19.7 Å². The minimum Gasteiger partial charge on any atom is -0.481 e. The van der Waals surface area contributed by atoms with Crippen LogP contribution in [0.1, 0.15) is 76.7 Å². The summed E-state index contributed by atoms with van der Waals surface area (Å²) in [6.07, 6.45) is 15.0. The smallest absolute Gasteiger partial charge is 0.303 e. The molecule has 2 bridgehead atoms. The van der Waals surface area contributed by atoms with Crippen molar-refractivity contribution in [3.05, 3.63) is 48.0 Å². The fourth-order valence-corrected chi connectivity index (χ4v) is 5.65. The highest BCUT2D eigenvalue weighted by Crippen LogP contribution is 2.46. The lowest BCUT2D eigenvalue weighted by Crippen LogP contribution is -2.43. The second-order valence-electron chi connectivity index (χ2n) is 10.1. The van der Waals surface area contributed by atoms with E-state index in [9.17, 15) is 9.90 Å². The number of hydrogen-bond donors (Lipinski definition) is 3. The van der Waals surface area contributed by atoms with E-state index in [-0.39, 0.29) is 6.42 Å². The first-order chi connectivity index (χ1) is 16.0. The molecule has 0 spiro atoms. The number of nitrogens with one attached hydrogen (secondary N) is 1. The molecule has 2 aliphatic heterocycles. The summed E-state index contributed by atoms with van der Waals surface area (Å²) in [6.45, 7) is 3.70. The fraction of sp³-hybridized carbons (Fsp3) is 0.679. The number of allylic oxidation sites excluding steroid dienone is 2. The summed E-state index contributed by atoms with van der Waals surface area (Å²) in [5.41, 5.74) is 0.482. The number of fused-ring (bicyclic) bond motifs is 2. The molecule has 0 amide bonds. The van der Waals surface area contributed by atoms with E-state index in [1.807, 2.05) is 18.2 Å². The molecule has 3 N–H and O–H groups in total. The predicted molar refractivity (Wildman–Crippen MR) is 132 cm³/mol. The topological polar surface area (TPSA) is 78.8 Å². The van der Waals surface area contributed by atoms with Crippen molar-refractivity contribution in [1.29, 1.82) is 0 Å². The molecule has 33 heavy (non-hydrogen) atoms. The molecule has 1 unspecified atom stereocenters. The Morgan fingerprint density at radius 1 is 1.15 bits per heavy atom. The van der Waals surface area contributed by atoms with Gasteiger partial charge in [-0.25, -0.2) is 0 Å². The quantitative estimate of drug-likeness (QED) is 0.237. The van der Waals surface area contributed by atoms with E-state index in [2.05, 4.69) is 36.5 Å². The van der Waals surface area contributed by atoms with Crippen molar-refractivity contribution in [3.8, 4) is 0 Å². The maximum absolute atomic E-state index is 11.3. The van der Waals surface area contributed by atoms with Crippen molar-refractivity contribution in [1.82, 2.24) is 5.32 Å². The lowest BCUT2D eigenvalue weighted by atomic mass is 9.76. The monoisotopic (exact) mass is 457 g/mol. The van der Waals surface area contributed by atoms with Crippen LogP contribution in [0.5, 0.6) is 0 Å². The first-order valence-electron chi connectivity index (χ1n) is 13.0. The maximum Gasteiger partial charge on any atom is 0.303 e. The molecule has 2 saturated heterocycles. The van der Waals surface area contributed by atoms with Crippen LogP contribution in [0.15, 0.2) is 42.5 Å². The number of carboxylic acids is 1. The molecule has 0 aliphatic carbocycles. The number of unbranched alkanes of at least 4 members (excludes halogenated alkanes) is 2. The zero-order valence-corrected chi connectivity index (χ0v) is 20.3. The number of benzene rings is 1. The Hall–Kier alpha value is -1.69. The molecule has 184 valence electrons. The molecule has 0 radical (unpaired) electrons. The van der Waals surface area contributed by atoms with Crippen molar-refractivity contribution >= 4 is 5.97 Å². The molecule has 2 aliphatic rings. The summed E-state index contributed by atoms with van der Waals surface area (Å²) in [4.78, 5) is 10.6. The Kier molecular flexibility index (Phi) is 10.4. The van der Waals surface area contributed by atoms with Crippen molar-refractivity contribution in [3.63, 3.8) is 0 Å². The van der Waals surface area contributed by atoms with E-state index in [4.69, 9.17) is 9.84 Å². The standard InChI is InChI=1S/C28H43NO4/c1-2-3-18-28(32,20-22-11-7-6-8-12-22)21-29-19-17-24-23(25-15-16-26(24)33-25)13-9-4-5-10-14-27(30)31/h4,6-9,11-12,23-26,29,32H,2-3,5,10,13-21H2,1H3,(H,30,31)/b9-4-/t23-,24+,25-,26+,28?/m1/s1. The van der Waals surface area contributed by atoms with Gasteiger partial charge >= 0.3 is 5.97 Å². The Bertz CT molecular complexity index is 737. The molecule has 5 heteroatoms. The molecule has 5 nitrogen and oxygen atoms in total. The van der Waals surface area contributed by atoms with Crippen LogP contribution in [0.3, 0.4) is 0 Å². The number of carbonyl (C=O) groups is 1. The number of carboxylic acid groups (broad SMARTS) is 1. The highest BCUT2D eigenvalue weighted by Gasteiger charge is 2.47. The molecule has 3 rings (SSSR count). The van der Waals surface area contributed by atoms with Gasteiger partial charge in [-0.3, -0.25) is 4.79 Å². The van der Waals surface area contributed by atoms with E-state index in [0.29, 0.717) is 43.4 Å². The van der Waals surface area contributed by atoms with E-state index >= 15 is 0 Å². The minimum absolute atomic E-state index is 0.241. The van der Waals surface area contributed by atoms with Gasteiger partial charge in [0.15, 0.2) is 0 Å². The molecular weight excluding hydrogens is 414 g/mol. The molecule has 0 saturated carbocycles. The van der Waals surface area contributed by atoms with Gasteiger partial charge in [-0.1, -0.05) is 62.2 Å². The van der Waals surface area contributed by atoms with E-state index in [1.165, 1.54) is 18.4 Å². The highest BCUT2D eigenvalue weighted by molar-refractivity contribution is 5.66. The number of hydrogen-bond acceptors (Lipinski definition) is 4. The highest BCUT2D eigenvalue weighted by atomic mass is 16.5. The lowest BCUT2D eigenvalue weighted by molar-refractivity contribution is -0.137. The van der Waals surface area contributed by atoms with Gasteiger partial charge in [0.1, 0.15) is 0 Å². The second-order valence-corrected chi connectivity index (χ2v) is 10.1. The Balaban J connectivity index is 1.45. The van der Waals surface area contributed by atoms with Crippen LogP contribution < -0.4 is 5.32 Å². The van der Waals surface area contributed by atoms with E-state index < -0.39 is 11.6 Å². The molecule has 1 aromatic rings. The van der Waals surface area contributed by atoms with Crippen LogP contribution in [-0.2, 0) is 16.0 Å². The van der Waals surface area contributed by atoms with E-state index in [0.717, 1.165) is 45.1 Å². The van der Waals surface area contributed by atoms with Crippen LogP contribution >= 0.6 is 0 Å². The third kappa shape index (κ3) is 8.24. The molecule has 1 aromatic carbocycles. The van der Waals surface area contributed by atoms with Gasteiger partial charge in [0.2, 0.25) is 0 Å². The minimum atomic E-state index is -0.720. The normalized spacial score (nSPS) is 26.1. The van der Waals surface area contributed by atoms with Gasteiger partial charge in [-0.2, -0.15) is 0 Å². The molecule has 0 aromatic heterocycles. The van der Waals surface area contributed by atoms with Crippen LogP contribution in [0.4, 0.5) is 0 Å². The zero-order chi connectivity index (χ0) is 23.5. The van der Waals surface area contributed by atoms with Crippen molar-refractivity contribution in [2.24, 2.45) is 11.8 Å². The molecule has 2 heterocycles. The summed E-state index contributed by atoms with van der Waals surface area (Å²) >= 11 is 0. The summed E-state index contributed by atoms with van der Waals surface area (Å²) in [5, 5.41) is 23.7. The third-order valence-corrected chi connectivity index (χ3v) is 7.41. The Morgan fingerprint density at radius 2 is 1.91 bits per heavy atom. The maximum atomic E-state index is 11.3. The molecule has 5 atom stereocenters. The van der Waals surface area contributed by atoms with Gasteiger partial charge in [0.05, 0.1) is 17.8 Å². The van der Waals surface area contributed by atoms with Crippen LogP contribution in [0.25, 0.3) is 0 Å². The number of rotatable bonds is 16. The first kappa shape index (κ1) is 25.9. The number of aliphatic hydroxyl groups is 1. The summed E-state index contributed by atoms with van der Waals surface area (Å²) < 4.78 is 6.25. The fourth-order valence-electron chi connectivity index (χ4n) is 5.65. The Labute approximate surface area is 199 Å². The van der Waals surface area contributed by atoms with Crippen LogP contribution in [0.2, 0.25) is 0 Å². The van der Waals surface area contributed by atoms with Crippen LogP contribution in [-0.4, -0.2) is 47.1 Å². The largest absolute Gasteiger partial charge is 0.481 e. The van der Waals surface area contributed by atoms with Gasteiger partial charge in [0, 0.05) is 19.4 Å². The van der Waals surface area contributed by atoms with Crippen LogP contribution in [0, 0.1) is 11.8 Å². The SMILES string of the molecule is CCCCC(O)(CNCC[C@H]1[C@@H](C/C=C\CCCC(=O)O)[C@H]2CC[C@@H]1O2)Cc1ccccc1. The second kappa shape index (κ2) is 13.3. The average Bonchev–Trinajstić information content (AvgIpc) is 3.40. The Morgan fingerprint density at radius 3 is 2.64 bits per heavy atom. The molecular formula is C28H43NO4. The van der Waals surface area contributed by atoms with E-state index in [1.54, 1.807) is 0 Å². The van der Waals surface area contributed by atoms with Gasteiger partial charge in [-0.15, -0.1) is 0 Å². The van der Waals surface area contributed by atoms with Crippen molar-refractivity contribution in [2.45, 2.75) is 95.4 Å². The van der Waals surface area contributed by atoms with Gasteiger partial charge in [-0.05, 0) is 68.9 Å². The summed E-state index contributed by atoms with van der Waals surface area (Å²) in [7, 11) is 0. The predicted octanol–water partition coefficient (Wildman–Crippen LogP) is 5.12. The number of aliphatic carboxylic acids is 1. The summed E-state index contributed by atoms with van der Waals surface area (Å²) in [6, 6.07) is 10.3. The van der Waals surface area contributed by atoms with Crippen molar-refractivity contribution in [2.75, 3.05) is 13.1 Å². The lowest BCUT2D eigenvalue weighted by Gasteiger charge is -2.30. The van der Waals surface area contributed by atoms with Gasteiger partial charge in [0.25, 0.3) is 0 Å². The zero-order valence-electron chi connectivity index (χ0n) is 20.3.